The molecule has 6 heteroatoms. The first-order chi connectivity index (χ1) is 10.6. The molecule has 3 rings (SSSR count). The van der Waals surface area contributed by atoms with Gasteiger partial charge in [0.05, 0.1) is 30.0 Å². The maximum atomic E-state index is 13.1. The van der Waals surface area contributed by atoms with E-state index in [0.717, 1.165) is 25.2 Å². The lowest BCUT2D eigenvalue weighted by Crippen LogP contribution is -2.60. The standard InChI is InChI=1S/C16H24N4O2/c1-11(2)15-12(8-17-10-18-15)16(21)20-6-7-22-14-4-5-19(3)9-13(14)20/h8,10-11,13-14H,4-7,9H2,1-3H3/t13-,14-/m1/s1. The molecule has 0 unspecified atom stereocenters. The topological polar surface area (TPSA) is 58.6 Å². The summed E-state index contributed by atoms with van der Waals surface area (Å²) in [5, 5.41) is 0. The second-order valence-electron chi connectivity index (χ2n) is 6.50. The Kier molecular flexibility index (Phi) is 4.40. The highest BCUT2D eigenvalue weighted by Crippen LogP contribution is 2.25. The Morgan fingerprint density at radius 3 is 3.00 bits per heavy atom. The number of fused-ring (bicyclic) bond motifs is 1. The molecule has 2 atom stereocenters. The molecule has 0 N–H and O–H groups in total. The molecule has 0 spiro atoms. The number of piperidine rings is 1. The Morgan fingerprint density at radius 2 is 2.23 bits per heavy atom. The molecule has 0 radical (unpaired) electrons. The molecule has 3 heterocycles. The smallest absolute Gasteiger partial charge is 0.257 e. The van der Waals surface area contributed by atoms with Gasteiger partial charge in [-0.05, 0) is 19.4 Å². The number of likely N-dealkylation sites (tertiary alicyclic amines) is 1. The third-order valence-corrected chi connectivity index (χ3v) is 4.57. The average Bonchev–Trinajstić information content (AvgIpc) is 2.53. The summed E-state index contributed by atoms with van der Waals surface area (Å²) in [4.78, 5) is 25.7. The van der Waals surface area contributed by atoms with Crippen molar-refractivity contribution in [2.75, 3.05) is 33.3 Å². The van der Waals surface area contributed by atoms with Crippen LogP contribution in [0.1, 0.15) is 42.2 Å². The summed E-state index contributed by atoms with van der Waals surface area (Å²) >= 11 is 0. The molecule has 6 nitrogen and oxygen atoms in total. The zero-order valence-corrected chi connectivity index (χ0v) is 13.5. The van der Waals surface area contributed by atoms with Gasteiger partial charge in [0.2, 0.25) is 0 Å². The van der Waals surface area contributed by atoms with Crippen LogP contribution < -0.4 is 0 Å². The van der Waals surface area contributed by atoms with Gasteiger partial charge in [-0.1, -0.05) is 13.8 Å². The van der Waals surface area contributed by atoms with Gasteiger partial charge in [-0.2, -0.15) is 0 Å². The van der Waals surface area contributed by atoms with Crippen molar-refractivity contribution in [2.24, 2.45) is 0 Å². The molecule has 1 aromatic heterocycles. The van der Waals surface area contributed by atoms with E-state index in [-0.39, 0.29) is 24.0 Å². The number of aromatic nitrogens is 2. The van der Waals surface area contributed by atoms with Crippen molar-refractivity contribution in [3.05, 3.63) is 23.8 Å². The van der Waals surface area contributed by atoms with Gasteiger partial charge in [0.15, 0.2) is 0 Å². The van der Waals surface area contributed by atoms with Gasteiger partial charge in [0.1, 0.15) is 6.33 Å². The summed E-state index contributed by atoms with van der Waals surface area (Å²) in [5.41, 5.74) is 1.46. The molecule has 0 aromatic carbocycles. The number of carbonyl (C=O) groups excluding carboxylic acids is 1. The minimum atomic E-state index is 0.0397. The Balaban J connectivity index is 1.87. The van der Waals surface area contributed by atoms with E-state index < -0.39 is 0 Å². The molecule has 22 heavy (non-hydrogen) atoms. The summed E-state index contributed by atoms with van der Waals surface area (Å²) in [5.74, 6) is 0.241. The highest BCUT2D eigenvalue weighted by atomic mass is 16.5. The Bertz CT molecular complexity index is 549. The molecule has 1 aromatic rings. The molecular formula is C16H24N4O2. The van der Waals surface area contributed by atoms with Crippen LogP contribution in [0.5, 0.6) is 0 Å². The number of carbonyl (C=O) groups is 1. The molecular weight excluding hydrogens is 280 g/mol. The number of rotatable bonds is 2. The van der Waals surface area contributed by atoms with Gasteiger partial charge in [0.25, 0.3) is 5.91 Å². The van der Waals surface area contributed by atoms with Crippen LogP contribution in [0.2, 0.25) is 0 Å². The number of hydrogen-bond acceptors (Lipinski definition) is 5. The van der Waals surface area contributed by atoms with Crippen LogP contribution in [0.15, 0.2) is 12.5 Å². The molecule has 2 aliphatic heterocycles. The lowest BCUT2D eigenvalue weighted by atomic mass is 9.97. The zero-order valence-electron chi connectivity index (χ0n) is 13.5. The Labute approximate surface area is 131 Å². The minimum absolute atomic E-state index is 0.0397. The molecule has 2 fully saturated rings. The molecule has 1 amide bonds. The first-order valence-corrected chi connectivity index (χ1v) is 7.99. The second-order valence-corrected chi connectivity index (χ2v) is 6.50. The van der Waals surface area contributed by atoms with Crippen LogP contribution in [0, 0.1) is 0 Å². The summed E-state index contributed by atoms with van der Waals surface area (Å²) in [7, 11) is 2.10. The Hall–Kier alpha value is -1.53. The van der Waals surface area contributed by atoms with E-state index in [1.54, 1.807) is 6.20 Å². The van der Waals surface area contributed by atoms with E-state index in [2.05, 4.69) is 35.8 Å². The predicted octanol–water partition coefficient (Wildman–Crippen LogP) is 1.15. The maximum absolute atomic E-state index is 13.1. The molecule has 0 saturated carbocycles. The molecule has 0 aliphatic carbocycles. The zero-order chi connectivity index (χ0) is 15.7. The van der Waals surface area contributed by atoms with E-state index in [1.165, 1.54) is 6.33 Å². The van der Waals surface area contributed by atoms with Gasteiger partial charge in [-0.15, -0.1) is 0 Å². The van der Waals surface area contributed by atoms with Crippen LogP contribution in [0.4, 0.5) is 0 Å². The summed E-state index contributed by atoms with van der Waals surface area (Å²) in [6, 6.07) is 0.125. The van der Waals surface area contributed by atoms with Gasteiger partial charge in [-0.3, -0.25) is 4.79 Å². The third kappa shape index (κ3) is 2.85. The average molecular weight is 304 g/mol. The van der Waals surface area contributed by atoms with Crippen molar-refractivity contribution >= 4 is 5.91 Å². The maximum Gasteiger partial charge on any atom is 0.257 e. The number of likely N-dealkylation sites (N-methyl/N-ethyl adjacent to an activating group) is 1. The number of morpholine rings is 1. The number of ether oxygens (including phenoxy) is 1. The SMILES string of the molecule is CC(C)c1ncncc1C(=O)N1CCO[C@@H]2CCN(C)C[C@H]21. The summed E-state index contributed by atoms with van der Waals surface area (Å²) in [6.45, 7) is 7.24. The fourth-order valence-electron chi connectivity index (χ4n) is 3.40. The number of nitrogens with zero attached hydrogens (tertiary/aromatic N) is 4. The third-order valence-electron chi connectivity index (χ3n) is 4.57. The first kappa shape index (κ1) is 15.4. The van der Waals surface area contributed by atoms with Crippen molar-refractivity contribution in [3.63, 3.8) is 0 Å². The van der Waals surface area contributed by atoms with Gasteiger partial charge >= 0.3 is 0 Å². The second kappa shape index (κ2) is 6.30. The van der Waals surface area contributed by atoms with Crippen molar-refractivity contribution in [2.45, 2.75) is 38.3 Å². The quantitative estimate of drug-likeness (QED) is 0.820. The van der Waals surface area contributed by atoms with Gasteiger partial charge in [0, 0.05) is 25.8 Å². The van der Waals surface area contributed by atoms with Crippen LogP contribution in [0.25, 0.3) is 0 Å². The highest BCUT2D eigenvalue weighted by Gasteiger charge is 2.39. The molecule has 2 saturated heterocycles. The summed E-state index contributed by atoms with van der Waals surface area (Å²) < 4.78 is 5.87. The van der Waals surface area contributed by atoms with E-state index in [1.807, 2.05) is 4.90 Å². The summed E-state index contributed by atoms with van der Waals surface area (Å²) in [6.07, 6.45) is 4.30. The van der Waals surface area contributed by atoms with E-state index in [0.29, 0.717) is 18.7 Å². The van der Waals surface area contributed by atoms with Gasteiger partial charge in [-0.25, -0.2) is 9.97 Å². The van der Waals surface area contributed by atoms with Crippen LogP contribution in [-0.4, -0.2) is 71.1 Å². The number of amides is 1. The fraction of sp³-hybridized carbons (Fsp3) is 0.688. The molecule has 120 valence electrons. The van der Waals surface area contributed by atoms with E-state index in [9.17, 15) is 4.79 Å². The number of hydrogen-bond donors (Lipinski definition) is 0. The van der Waals surface area contributed by atoms with Crippen molar-refractivity contribution in [1.82, 2.24) is 19.8 Å². The van der Waals surface area contributed by atoms with Gasteiger partial charge < -0.3 is 14.5 Å². The lowest BCUT2D eigenvalue weighted by molar-refractivity contribution is -0.0870. The van der Waals surface area contributed by atoms with Crippen molar-refractivity contribution in [1.29, 1.82) is 0 Å². The molecule has 2 aliphatic rings. The monoisotopic (exact) mass is 304 g/mol. The highest BCUT2D eigenvalue weighted by molar-refractivity contribution is 5.95. The van der Waals surface area contributed by atoms with Crippen LogP contribution >= 0.6 is 0 Å². The van der Waals surface area contributed by atoms with Crippen molar-refractivity contribution < 1.29 is 9.53 Å². The normalized spacial score (nSPS) is 26.1. The minimum Gasteiger partial charge on any atom is -0.374 e. The fourth-order valence-corrected chi connectivity index (χ4v) is 3.40. The van der Waals surface area contributed by atoms with Crippen molar-refractivity contribution in [3.8, 4) is 0 Å². The lowest BCUT2D eigenvalue weighted by Gasteiger charge is -2.46. The first-order valence-electron chi connectivity index (χ1n) is 7.99. The van der Waals surface area contributed by atoms with E-state index in [4.69, 9.17) is 4.74 Å². The van der Waals surface area contributed by atoms with Crippen LogP contribution in [-0.2, 0) is 4.74 Å². The predicted molar refractivity (Wildman–Crippen MR) is 82.8 cm³/mol. The largest absolute Gasteiger partial charge is 0.374 e. The Morgan fingerprint density at radius 1 is 1.41 bits per heavy atom. The van der Waals surface area contributed by atoms with Crippen LogP contribution in [0.3, 0.4) is 0 Å². The van der Waals surface area contributed by atoms with E-state index >= 15 is 0 Å². The molecule has 0 bridgehead atoms.